The Hall–Kier alpha value is -2.64. The Morgan fingerprint density at radius 1 is 1.10 bits per heavy atom. The van der Waals surface area contributed by atoms with E-state index in [0.717, 1.165) is 38.2 Å². The number of aromatic nitrogens is 1. The van der Waals surface area contributed by atoms with Crippen LogP contribution in [0.1, 0.15) is 28.9 Å². The van der Waals surface area contributed by atoms with Crippen LogP contribution in [0.4, 0.5) is 0 Å². The molecule has 4 rings (SSSR count). The second-order valence-corrected chi connectivity index (χ2v) is 8.10. The number of nitrogens with zero attached hydrogens (tertiary/aromatic N) is 2. The lowest BCUT2D eigenvalue weighted by Crippen LogP contribution is -2.42. The van der Waals surface area contributed by atoms with Gasteiger partial charge in [-0.3, -0.25) is 4.90 Å². The number of hydrogen-bond acceptors (Lipinski definition) is 7. The summed E-state index contributed by atoms with van der Waals surface area (Å²) in [4.78, 5) is 18.5. The minimum absolute atomic E-state index is 0.245. The van der Waals surface area contributed by atoms with Crippen molar-refractivity contribution in [3.63, 3.8) is 0 Å². The summed E-state index contributed by atoms with van der Waals surface area (Å²) in [5.74, 6) is 1.86. The lowest BCUT2D eigenvalue weighted by atomic mass is 9.78. The third-order valence-corrected chi connectivity index (χ3v) is 6.10. The van der Waals surface area contributed by atoms with E-state index in [1.807, 2.05) is 18.2 Å². The predicted molar refractivity (Wildman–Crippen MR) is 110 cm³/mol. The number of aliphatic hydroxyl groups excluding tert-OH is 1. The molecule has 2 heterocycles. The Morgan fingerprint density at radius 2 is 1.83 bits per heavy atom. The van der Waals surface area contributed by atoms with Crippen molar-refractivity contribution in [1.82, 2.24) is 9.88 Å². The second kappa shape index (κ2) is 9.02. The largest absolute Gasteiger partial charge is 0.488 e. The van der Waals surface area contributed by atoms with E-state index < -0.39 is 6.10 Å². The van der Waals surface area contributed by atoms with Gasteiger partial charge < -0.3 is 19.3 Å². The first kappa shape index (κ1) is 20.6. The number of aliphatic hydroxyl groups is 1. The van der Waals surface area contributed by atoms with E-state index in [-0.39, 0.29) is 12.1 Å². The van der Waals surface area contributed by atoms with Crippen LogP contribution in [0, 0.1) is 11.8 Å². The summed E-state index contributed by atoms with van der Waals surface area (Å²) in [6.45, 7) is 2.71. The number of carbonyl (C=O) groups excluding carboxylic acids is 1. The van der Waals surface area contributed by atoms with Crippen molar-refractivity contribution < 1.29 is 24.1 Å². The first-order chi connectivity index (χ1) is 14.6. The number of esters is 1. The summed E-state index contributed by atoms with van der Waals surface area (Å²) >= 11 is 0. The van der Waals surface area contributed by atoms with E-state index in [4.69, 9.17) is 14.2 Å². The van der Waals surface area contributed by atoms with Gasteiger partial charge in [-0.15, -0.1) is 0 Å². The monoisotopic (exact) mass is 412 g/mol. The SMILES string of the molecule is COC(=O)c1ccc(O[C@@H]2C[C@@H]3CN(Cc4cccc(OC)n4)C[C@@H]3C[C@H]2O)cc1. The molecule has 0 amide bonds. The standard InChI is InChI=1S/C23H28N2O5/c1-28-22-5-3-4-18(24-22)14-25-12-16-10-20(26)21(11-17(16)13-25)30-19-8-6-15(7-9-19)23(27)29-2/h3-9,16-17,20-21,26H,10-14H2,1-2H3/t16-,17+,20+,21+/m0/s1. The molecule has 1 N–H and O–H groups in total. The third-order valence-electron chi connectivity index (χ3n) is 6.10. The smallest absolute Gasteiger partial charge is 0.337 e. The normalized spacial score (nSPS) is 26.1. The molecule has 0 unspecified atom stereocenters. The lowest BCUT2D eigenvalue weighted by molar-refractivity contribution is -0.0231. The molecule has 1 aromatic heterocycles. The van der Waals surface area contributed by atoms with Crippen LogP contribution in [-0.2, 0) is 11.3 Å². The van der Waals surface area contributed by atoms with E-state index in [2.05, 4.69) is 9.88 Å². The van der Waals surface area contributed by atoms with Crippen LogP contribution in [0.25, 0.3) is 0 Å². The van der Waals surface area contributed by atoms with Crippen LogP contribution in [0.3, 0.4) is 0 Å². The zero-order valence-electron chi connectivity index (χ0n) is 17.4. The fourth-order valence-electron chi connectivity index (χ4n) is 4.59. The minimum Gasteiger partial charge on any atom is -0.488 e. The second-order valence-electron chi connectivity index (χ2n) is 8.10. The van der Waals surface area contributed by atoms with Gasteiger partial charge >= 0.3 is 5.97 Å². The number of hydrogen-bond donors (Lipinski definition) is 1. The van der Waals surface area contributed by atoms with Crippen LogP contribution >= 0.6 is 0 Å². The van der Waals surface area contributed by atoms with Gasteiger partial charge in [0.15, 0.2) is 0 Å². The summed E-state index contributed by atoms with van der Waals surface area (Å²) in [6.07, 6.45) is 0.802. The number of methoxy groups -OCH3 is 2. The molecule has 7 nitrogen and oxygen atoms in total. The molecule has 0 spiro atoms. The van der Waals surface area contributed by atoms with Gasteiger partial charge in [0, 0.05) is 25.7 Å². The number of likely N-dealkylation sites (tertiary alicyclic amines) is 1. The van der Waals surface area contributed by atoms with Gasteiger partial charge in [0.1, 0.15) is 11.9 Å². The molecule has 1 saturated carbocycles. The molecule has 2 fully saturated rings. The van der Waals surface area contributed by atoms with Crippen LogP contribution in [0.15, 0.2) is 42.5 Å². The maximum Gasteiger partial charge on any atom is 0.337 e. The van der Waals surface area contributed by atoms with Crippen molar-refractivity contribution in [1.29, 1.82) is 0 Å². The maximum atomic E-state index is 11.6. The van der Waals surface area contributed by atoms with Crippen molar-refractivity contribution in [2.45, 2.75) is 31.6 Å². The summed E-state index contributed by atoms with van der Waals surface area (Å²) < 4.78 is 16.0. The van der Waals surface area contributed by atoms with Gasteiger partial charge in [0.2, 0.25) is 5.88 Å². The van der Waals surface area contributed by atoms with Crippen molar-refractivity contribution in [3.8, 4) is 11.6 Å². The molecule has 7 heteroatoms. The van der Waals surface area contributed by atoms with E-state index >= 15 is 0 Å². The maximum absolute atomic E-state index is 11.6. The Morgan fingerprint density at radius 3 is 2.53 bits per heavy atom. The number of ether oxygens (including phenoxy) is 3. The molecular formula is C23H28N2O5. The van der Waals surface area contributed by atoms with Crippen molar-refractivity contribution in [2.24, 2.45) is 11.8 Å². The van der Waals surface area contributed by atoms with Gasteiger partial charge in [-0.1, -0.05) is 6.07 Å². The van der Waals surface area contributed by atoms with Gasteiger partial charge in [0.05, 0.1) is 31.6 Å². The van der Waals surface area contributed by atoms with Crippen LogP contribution in [0.2, 0.25) is 0 Å². The van der Waals surface area contributed by atoms with E-state index in [9.17, 15) is 9.90 Å². The number of benzene rings is 1. The van der Waals surface area contributed by atoms with Gasteiger partial charge in [0.25, 0.3) is 0 Å². The average molecular weight is 412 g/mol. The molecule has 4 atom stereocenters. The Balaban J connectivity index is 1.35. The fourth-order valence-corrected chi connectivity index (χ4v) is 4.59. The molecule has 1 saturated heterocycles. The molecule has 1 aliphatic heterocycles. The minimum atomic E-state index is -0.499. The molecule has 1 aromatic carbocycles. The predicted octanol–water partition coefficient (Wildman–Crippen LogP) is 2.53. The Kier molecular flexibility index (Phi) is 6.20. The third kappa shape index (κ3) is 4.57. The summed E-state index contributed by atoms with van der Waals surface area (Å²) in [6, 6.07) is 12.7. The zero-order chi connectivity index (χ0) is 21.1. The fraction of sp³-hybridized carbons (Fsp3) is 0.478. The molecule has 30 heavy (non-hydrogen) atoms. The molecule has 0 bridgehead atoms. The lowest BCUT2D eigenvalue weighted by Gasteiger charge is -2.35. The quantitative estimate of drug-likeness (QED) is 0.730. The number of fused-ring (bicyclic) bond motifs is 1. The van der Waals surface area contributed by atoms with Crippen LogP contribution in [-0.4, -0.2) is 60.5 Å². The summed E-state index contributed by atoms with van der Waals surface area (Å²) in [5.41, 5.74) is 1.47. The van der Waals surface area contributed by atoms with Crippen molar-refractivity contribution >= 4 is 5.97 Å². The number of carbonyl (C=O) groups is 1. The molecule has 2 aliphatic rings. The Labute approximate surface area is 176 Å². The van der Waals surface area contributed by atoms with Crippen LogP contribution < -0.4 is 9.47 Å². The highest BCUT2D eigenvalue weighted by Crippen LogP contribution is 2.38. The molecule has 160 valence electrons. The molecule has 0 radical (unpaired) electrons. The highest BCUT2D eigenvalue weighted by molar-refractivity contribution is 5.89. The highest BCUT2D eigenvalue weighted by atomic mass is 16.5. The number of pyridine rings is 1. The van der Waals surface area contributed by atoms with Gasteiger partial charge in [-0.2, -0.15) is 0 Å². The topological polar surface area (TPSA) is 81.1 Å². The molecule has 1 aliphatic carbocycles. The highest BCUT2D eigenvalue weighted by Gasteiger charge is 2.42. The summed E-state index contributed by atoms with van der Waals surface area (Å²) in [5, 5.41) is 10.7. The van der Waals surface area contributed by atoms with E-state index in [1.54, 1.807) is 31.4 Å². The van der Waals surface area contributed by atoms with Crippen molar-refractivity contribution in [3.05, 3.63) is 53.7 Å². The average Bonchev–Trinajstić information content (AvgIpc) is 3.14. The van der Waals surface area contributed by atoms with E-state index in [0.29, 0.717) is 29.0 Å². The Bertz CT molecular complexity index is 872. The van der Waals surface area contributed by atoms with Crippen molar-refractivity contribution in [2.75, 3.05) is 27.3 Å². The first-order valence-electron chi connectivity index (χ1n) is 10.3. The molecule has 2 aromatic rings. The van der Waals surface area contributed by atoms with E-state index in [1.165, 1.54) is 7.11 Å². The first-order valence-corrected chi connectivity index (χ1v) is 10.3. The van der Waals surface area contributed by atoms with Gasteiger partial charge in [-0.05, 0) is 55.0 Å². The van der Waals surface area contributed by atoms with Gasteiger partial charge in [-0.25, -0.2) is 9.78 Å². The van der Waals surface area contributed by atoms with Crippen LogP contribution in [0.5, 0.6) is 11.6 Å². The number of rotatable bonds is 6. The zero-order valence-corrected chi connectivity index (χ0v) is 17.4. The molecular weight excluding hydrogens is 384 g/mol. The summed E-state index contributed by atoms with van der Waals surface area (Å²) in [7, 11) is 2.98.